The molecule has 0 saturated carbocycles. The Morgan fingerprint density at radius 2 is 2.18 bits per heavy atom. The van der Waals surface area contributed by atoms with Crippen LogP contribution in [0.25, 0.3) is 0 Å². The predicted molar refractivity (Wildman–Crippen MR) is 66.8 cm³/mol. The van der Waals surface area contributed by atoms with E-state index in [0.717, 1.165) is 24.3 Å². The normalized spacial score (nSPS) is 12.9. The van der Waals surface area contributed by atoms with Crippen molar-refractivity contribution in [1.29, 1.82) is 0 Å². The Labute approximate surface area is 101 Å². The van der Waals surface area contributed by atoms with Crippen molar-refractivity contribution in [2.24, 2.45) is 12.8 Å². The highest BCUT2D eigenvalue weighted by molar-refractivity contribution is 5.25. The Kier molecular flexibility index (Phi) is 3.33. The summed E-state index contributed by atoms with van der Waals surface area (Å²) in [6.45, 7) is 4.11. The maximum Gasteiger partial charge on any atom is 0.105 e. The third-order valence-electron chi connectivity index (χ3n) is 3.17. The third-order valence-corrected chi connectivity index (χ3v) is 3.17. The minimum absolute atomic E-state index is 0.0720. The molecule has 1 atom stereocenters. The lowest BCUT2D eigenvalue weighted by molar-refractivity contribution is 0.482. The summed E-state index contributed by atoms with van der Waals surface area (Å²) in [5.41, 5.74) is 9.66. The highest BCUT2D eigenvalue weighted by atomic mass is 16.3. The standard InChI is InChI=1S/C13H19N3O/c1-9-13(10(2)16(3)15-9)8-11(14)7-12-5-4-6-17-12/h4-6,11H,7-8,14H2,1-3H3. The maximum absolute atomic E-state index is 6.15. The van der Waals surface area contributed by atoms with Crippen LogP contribution in [0.15, 0.2) is 22.8 Å². The van der Waals surface area contributed by atoms with Crippen LogP contribution < -0.4 is 5.73 Å². The number of furan rings is 1. The van der Waals surface area contributed by atoms with Crippen LogP contribution in [-0.4, -0.2) is 15.8 Å². The van der Waals surface area contributed by atoms with E-state index in [1.54, 1.807) is 6.26 Å². The number of rotatable bonds is 4. The molecule has 0 aliphatic rings. The van der Waals surface area contributed by atoms with Gasteiger partial charge in [-0.25, -0.2) is 0 Å². The lowest BCUT2D eigenvalue weighted by atomic mass is 10.0. The molecule has 4 nitrogen and oxygen atoms in total. The monoisotopic (exact) mass is 233 g/mol. The van der Waals surface area contributed by atoms with Gasteiger partial charge in [-0.1, -0.05) is 0 Å². The van der Waals surface area contributed by atoms with E-state index >= 15 is 0 Å². The summed E-state index contributed by atoms with van der Waals surface area (Å²) in [5, 5.41) is 4.40. The quantitative estimate of drug-likeness (QED) is 0.875. The van der Waals surface area contributed by atoms with Gasteiger partial charge in [-0.15, -0.1) is 0 Å². The van der Waals surface area contributed by atoms with Crippen LogP contribution in [0.3, 0.4) is 0 Å². The van der Waals surface area contributed by atoms with Crippen LogP contribution in [-0.2, 0) is 19.9 Å². The lowest BCUT2D eigenvalue weighted by Gasteiger charge is -2.10. The van der Waals surface area contributed by atoms with Gasteiger partial charge >= 0.3 is 0 Å². The first-order valence-corrected chi connectivity index (χ1v) is 5.85. The fraction of sp³-hybridized carbons (Fsp3) is 0.462. The summed E-state index contributed by atoms with van der Waals surface area (Å²) >= 11 is 0. The van der Waals surface area contributed by atoms with Gasteiger partial charge in [0.15, 0.2) is 0 Å². The fourth-order valence-corrected chi connectivity index (χ4v) is 2.13. The SMILES string of the molecule is Cc1nn(C)c(C)c1CC(N)Cc1ccco1. The molecule has 0 aliphatic heterocycles. The molecule has 0 radical (unpaired) electrons. The Morgan fingerprint density at radius 1 is 1.41 bits per heavy atom. The van der Waals surface area contributed by atoms with Gasteiger partial charge in [0.05, 0.1) is 12.0 Å². The number of nitrogens with zero attached hydrogens (tertiary/aromatic N) is 2. The van der Waals surface area contributed by atoms with Gasteiger partial charge in [-0.05, 0) is 38.0 Å². The number of nitrogens with two attached hydrogens (primary N) is 1. The molecule has 2 aromatic heterocycles. The molecule has 2 aromatic rings. The zero-order valence-electron chi connectivity index (χ0n) is 10.6. The summed E-state index contributed by atoms with van der Waals surface area (Å²) in [6, 6.07) is 3.92. The van der Waals surface area contributed by atoms with Crippen molar-refractivity contribution in [2.75, 3.05) is 0 Å². The first-order chi connectivity index (χ1) is 8.08. The smallest absolute Gasteiger partial charge is 0.105 e. The summed E-state index contributed by atoms with van der Waals surface area (Å²) in [5.74, 6) is 0.941. The Hall–Kier alpha value is -1.55. The van der Waals surface area contributed by atoms with Crippen molar-refractivity contribution in [3.63, 3.8) is 0 Å². The van der Waals surface area contributed by atoms with E-state index in [1.165, 1.54) is 11.3 Å². The van der Waals surface area contributed by atoms with Gasteiger partial charge in [0.25, 0.3) is 0 Å². The highest BCUT2D eigenvalue weighted by Gasteiger charge is 2.14. The topological polar surface area (TPSA) is 57.0 Å². The minimum Gasteiger partial charge on any atom is -0.469 e. The van der Waals surface area contributed by atoms with E-state index in [-0.39, 0.29) is 6.04 Å². The zero-order valence-corrected chi connectivity index (χ0v) is 10.6. The number of aromatic nitrogens is 2. The molecule has 2 heterocycles. The Bertz CT molecular complexity index is 485. The van der Waals surface area contributed by atoms with Gasteiger partial charge in [0, 0.05) is 25.2 Å². The Morgan fingerprint density at radius 3 is 2.71 bits per heavy atom. The van der Waals surface area contributed by atoms with Gasteiger partial charge in [-0.3, -0.25) is 4.68 Å². The second-order valence-electron chi connectivity index (χ2n) is 4.52. The average molecular weight is 233 g/mol. The molecular formula is C13H19N3O. The van der Waals surface area contributed by atoms with Crippen molar-refractivity contribution >= 4 is 0 Å². The highest BCUT2D eigenvalue weighted by Crippen LogP contribution is 2.15. The van der Waals surface area contributed by atoms with Crippen LogP contribution in [0.4, 0.5) is 0 Å². The van der Waals surface area contributed by atoms with Crippen LogP contribution in [0, 0.1) is 13.8 Å². The molecule has 0 bridgehead atoms. The van der Waals surface area contributed by atoms with Gasteiger partial charge in [0.1, 0.15) is 5.76 Å². The van der Waals surface area contributed by atoms with Crippen LogP contribution in [0.1, 0.15) is 22.7 Å². The molecule has 4 heteroatoms. The van der Waals surface area contributed by atoms with Gasteiger partial charge in [0.2, 0.25) is 0 Å². The van der Waals surface area contributed by atoms with Gasteiger partial charge in [-0.2, -0.15) is 5.10 Å². The summed E-state index contributed by atoms with van der Waals surface area (Å²) < 4.78 is 7.21. The molecule has 2 N–H and O–H groups in total. The number of hydrogen-bond acceptors (Lipinski definition) is 3. The third kappa shape index (κ3) is 2.58. The molecule has 0 aliphatic carbocycles. The predicted octanol–water partition coefficient (Wildman–Crippen LogP) is 1.74. The van der Waals surface area contributed by atoms with Crippen molar-refractivity contribution in [1.82, 2.24) is 9.78 Å². The molecule has 0 saturated heterocycles. The first-order valence-electron chi connectivity index (χ1n) is 5.85. The fourth-order valence-electron chi connectivity index (χ4n) is 2.13. The van der Waals surface area contributed by atoms with E-state index in [0.29, 0.717) is 0 Å². The van der Waals surface area contributed by atoms with Crippen LogP contribution in [0.5, 0.6) is 0 Å². The summed E-state index contributed by atoms with van der Waals surface area (Å²) in [4.78, 5) is 0. The Balaban J connectivity index is 2.05. The van der Waals surface area contributed by atoms with E-state index in [1.807, 2.05) is 30.8 Å². The van der Waals surface area contributed by atoms with Crippen molar-refractivity contribution in [2.45, 2.75) is 32.7 Å². The second kappa shape index (κ2) is 4.75. The molecule has 92 valence electrons. The van der Waals surface area contributed by atoms with Crippen molar-refractivity contribution < 1.29 is 4.42 Å². The average Bonchev–Trinajstić information content (AvgIpc) is 2.83. The zero-order chi connectivity index (χ0) is 12.4. The lowest BCUT2D eigenvalue weighted by Crippen LogP contribution is -2.25. The number of aryl methyl sites for hydroxylation is 2. The number of hydrogen-bond donors (Lipinski definition) is 1. The van der Waals surface area contributed by atoms with Crippen molar-refractivity contribution in [3.8, 4) is 0 Å². The molecule has 0 spiro atoms. The second-order valence-corrected chi connectivity index (χ2v) is 4.52. The molecule has 2 rings (SSSR count). The molecule has 1 unspecified atom stereocenters. The van der Waals surface area contributed by atoms with Gasteiger partial charge < -0.3 is 10.2 Å². The van der Waals surface area contributed by atoms with E-state index < -0.39 is 0 Å². The molecule has 0 amide bonds. The summed E-state index contributed by atoms with van der Waals surface area (Å²) in [6.07, 6.45) is 3.29. The largest absolute Gasteiger partial charge is 0.469 e. The van der Waals surface area contributed by atoms with E-state index in [4.69, 9.17) is 10.2 Å². The van der Waals surface area contributed by atoms with E-state index in [9.17, 15) is 0 Å². The molecule has 0 fully saturated rings. The van der Waals surface area contributed by atoms with E-state index in [2.05, 4.69) is 12.0 Å². The van der Waals surface area contributed by atoms with Crippen LogP contribution >= 0.6 is 0 Å². The first kappa shape index (κ1) is 11.9. The molecule has 0 aromatic carbocycles. The molecular weight excluding hydrogens is 214 g/mol. The maximum atomic E-state index is 6.15. The summed E-state index contributed by atoms with van der Waals surface area (Å²) in [7, 11) is 1.96. The molecule has 17 heavy (non-hydrogen) atoms. The van der Waals surface area contributed by atoms with Crippen LogP contribution in [0.2, 0.25) is 0 Å². The minimum atomic E-state index is 0.0720. The van der Waals surface area contributed by atoms with Crippen molar-refractivity contribution in [3.05, 3.63) is 41.1 Å².